The van der Waals surface area contributed by atoms with Crippen LogP contribution in [0.1, 0.15) is 66.7 Å². The van der Waals surface area contributed by atoms with Gasteiger partial charge in [0.05, 0.1) is 11.7 Å². The highest BCUT2D eigenvalue weighted by Crippen LogP contribution is 2.36. The van der Waals surface area contributed by atoms with Gasteiger partial charge < -0.3 is 10.6 Å². The Morgan fingerprint density at radius 1 is 1.11 bits per heavy atom. The smallest absolute Gasteiger partial charge is 0.237 e. The number of amides is 1. The number of carbonyl (C=O) groups is 2. The predicted molar refractivity (Wildman–Crippen MR) is 135 cm³/mol. The van der Waals surface area contributed by atoms with Gasteiger partial charge in [0.1, 0.15) is 11.9 Å². The van der Waals surface area contributed by atoms with E-state index < -0.39 is 6.04 Å². The van der Waals surface area contributed by atoms with Gasteiger partial charge in [-0.05, 0) is 55.8 Å². The molecule has 1 aliphatic heterocycles. The van der Waals surface area contributed by atoms with Gasteiger partial charge in [0.2, 0.25) is 5.91 Å². The number of nitrogens with zero attached hydrogens (tertiary/aromatic N) is 1. The Morgan fingerprint density at radius 3 is 2.43 bits per heavy atom. The Bertz CT molecular complexity index is 1190. The molecule has 0 spiro atoms. The van der Waals surface area contributed by atoms with Gasteiger partial charge in [-0.15, -0.1) is 0 Å². The molecule has 7 heteroatoms. The van der Waals surface area contributed by atoms with Gasteiger partial charge in [-0.3, -0.25) is 14.7 Å². The number of H-pyrrole nitrogens is 1. The summed E-state index contributed by atoms with van der Waals surface area (Å²) in [6.07, 6.45) is 1.69. The summed E-state index contributed by atoms with van der Waals surface area (Å²) in [5.74, 6) is -0.841. The lowest BCUT2D eigenvalue weighted by molar-refractivity contribution is -0.128. The van der Waals surface area contributed by atoms with Crippen molar-refractivity contribution in [1.82, 2.24) is 20.8 Å². The topological polar surface area (TPSA) is 86.9 Å². The van der Waals surface area contributed by atoms with E-state index in [1.54, 1.807) is 12.1 Å². The zero-order chi connectivity index (χ0) is 25.1. The van der Waals surface area contributed by atoms with Gasteiger partial charge in [-0.1, -0.05) is 56.3 Å². The van der Waals surface area contributed by atoms with Crippen molar-refractivity contribution in [3.05, 3.63) is 76.4 Å². The molecule has 35 heavy (non-hydrogen) atoms. The lowest BCUT2D eigenvalue weighted by Crippen LogP contribution is -2.44. The van der Waals surface area contributed by atoms with Crippen LogP contribution in [0.15, 0.2) is 42.5 Å². The lowest BCUT2D eigenvalue weighted by Gasteiger charge is -2.25. The predicted octanol–water partition coefficient (Wildman–Crippen LogP) is 4.68. The molecule has 1 amide bonds. The summed E-state index contributed by atoms with van der Waals surface area (Å²) in [7, 11) is 0. The van der Waals surface area contributed by atoms with Crippen molar-refractivity contribution in [2.24, 2.45) is 0 Å². The second kappa shape index (κ2) is 10.5. The molecule has 2 atom stereocenters. The first kappa shape index (κ1) is 24.8. The van der Waals surface area contributed by atoms with Gasteiger partial charge in [-0.25, -0.2) is 4.39 Å². The van der Waals surface area contributed by atoms with Gasteiger partial charge in [0.25, 0.3) is 0 Å². The number of ketones is 1. The average molecular weight is 477 g/mol. The molecule has 3 aromatic rings. The molecule has 1 aromatic heterocycles. The molecule has 4 rings (SSSR count). The highest BCUT2D eigenvalue weighted by atomic mass is 19.1. The Labute approximate surface area is 205 Å². The van der Waals surface area contributed by atoms with Crippen LogP contribution in [0.4, 0.5) is 4.39 Å². The summed E-state index contributed by atoms with van der Waals surface area (Å²) >= 11 is 0. The summed E-state index contributed by atoms with van der Waals surface area (Å²) in [4.78, 5) is 26.9. The maximum Gasteiger partial charge on any atom is 0.237 e. The Hall–Kier alpha value is -3.32. The van der Waals surface area contributed by atoms with Crippen LogP contribution in [-0.4, -0.2) is 34.5 Å². The maximum absolute atomic E-state index is 16.0. The largest absolute Gasteiger partial charge is 0.341 e. The Morgan fingerprint density at radius 2 is 1.83 bits per heavy atom. The summed E-state index contributed by atoms with van der Waals surface area (Å²) in [6.45, 7) is 8.35. The van der Waals surface area contributed by atoms with E-state index in [9.17, 15) is 9.59 Å². The quantitative estimate of drug-likeness (QED) is 0.441. The van der Waals surface area contributed by atoms with Crippen molar-refractivity contribution in [2.75, 3.05) is 6.54 Å². The third-order valence-electron chi connectivity index (χ3n) is 6.82. The van der Waals surface area contributed by atoms with Crippen molar-refractivity contribution in [3.8, 4) is 11.1 Å². The molecule has 0 aliphatic carbocycles. The van der Waals surface area contributed by atoms with Gasteiger partial charge in [0.15, 0.2) is 5.78 Å². The third kappa shape index (κ3) is 5.20. The SMILES string of the molecule is Cc1n[nH]c(C)c1CC(=O)C(NC(=O)C1CCCN1)c1ccc(C(C)C)c(F)c1-c1ccccc1. The fourth-order valence-corrected chi connectivity index (χ4v) is 4.79. The van der Waals surface area contributed by atoms with E-state index in [0.29, 0.717) is 28.7 Å². The molecule has 184 valence electrons. The molecule has 0 saturated carbocycles. The Kier molecular flexibility index (Phi) is 7.45. The van der Waals surface area contributed by atoms with E-state index in [0.717, 1.165) is 29.9 Å². The van der Waals surface area contributed by atoms with E-state index >= 15 is 4.39 Å². The molecule has 2 unspecified atom stereocenters. The fourth-order valence-electron chi connectivity index (χ4n) is 4.79. The number of benzene rings is 2. The molecule has 6 nitrogen and oxygen atoms in total. The first-order valence-corrected chi connectivity index (χ1v) is 12.2. The molecule has 2 heterocycles. The van der Waals surface area contributed by atoms with Crippen LogP contribution in [-0.2, 0) is 16.0 Å². The van der Waals surface area contributed by atoms with Crippen LogP contribution in [0.3, 0.4) is 0 Å². The number of rotatable bonds is 8. The fraction of sp³-hybridized carbons (Fsp3) is 0.393. The molecule has 2 aromatic carbocycles. The summed E-state index contributed by atoms with van der Waals surface area (Å²) in [5, 5.41) is 13.3. The van der Waals surface area contributed by atoms with E-state index in [-0.39, 0.29) is 35.9 Å². The molecule has 3 N–H and O–H groups in total. The number of aromatic nitrogens is 2. The number of halogens is 1. The standard InChI is InChI=1S/C28H33FN4O2/c1-16(2)20-12-13-21(25(26(20)29)19-9-6-5-7-10-19)27(31-28(35)23-11-8-14-30-23)24(34)15-22-17(3)32-33-18(22)4/h5-7,9-10,12-13,16,23,27,30H,8,11,14-15H2,1-4H3,(H,31,35)(H,32,33). The molecule has 1 fully saturated rings. The normalized spacial score (nSPS) is 16.5. The first-order valence-electron chi connectivity index (χ1n) is 12.2. The molecular weight excluding hydrogens is 443 g/mol. The second-order valence-electron chi connectivity index (χ2n) is 9.60. The number of hydrogen-bond acceptors (Lipinski definition) is 4. The minimum absolute atomic E-state index is 0.0332. The summed E-state index contributed by atoms with van der Waals surface area (Å²) < 4.78 is 16.0. The number of aryl methyl sites for hydroxylation is 2. The van der Waals surface area contributed by atoms with Gasteiger partial charge in [0, 0.05) is 23.2 Å². The minimum Gasteiger partial charge on any atom is -0.341 e. The van der Waals surface area contributed by atoms with Crippen LogP contribution in [0.5, 0.6) is 0 Å². The van der Waals surface area contributed by atoms with Crippen molar-refractivity contribution in [1.29, 1.82) is 0 Å². The van der Waals surface area contributed by atoms with Crippen molar-refractivity contribution >= 4 is 11.7 Å². The molecule has 1 aliphatic rings. The monoisotopic (exact) mass is 476 g/mol. The number of nitrogens with one attached hydrogen (secondary N) is 3. The zero-order valence-electron chi connectivity index (χ0n) is 20.7. The Balaban J connectivity index is 1.82. The van der Waals surface area contributed by atoms with Crippen LogP contribution >= 0.6 is 0 Å². The highest BCUT2D eigenvalue weighted by Gasteiger charge is 2.32. The lowest BCUT2D eigenvalue weighted by atomic mass is 9.86. The second-order valence-corrected chi connectivity index (χ2v) is 9.60. The van der Waals surface area contributed by atoms with Crippen LogP contribution in [0.2, 0.25) is 0 Å². The highest BCUT2D eigenvalue weighted by molar-refractivity contribution is 5.94. The van der Waals surface area contributed by atoms with E-state index in [1.165, 1.54) is 0 Å². The summed E-state index contributed by atoms with van der Waals surface area (Å²) in [6, 6.07) is 11.4. The summed E-state index contributed by atoms with van der Waals surface area (Å²) in [5.41, 5.74) is 4.41. The van der Waals surface area contributed by atoms with Crippen molar-refractivity contribution < 1.29 is 14.0 Å². The van der Waals surface area contributed by atoms with Crippen molar-refractivity contribution in [3.63, 3.8) is 0 Å². The van der Waals surface area contributed by atoms with Crippen molar-refractivity contribution in [2.45, 2.75) is 65.0 Å². The van der Waals surface area contributed by atoms with Gasteiger partial charge in [-0.2, -0.15) is 5.10 Å². The average Bonchev–Trinajstić information content (AvgIpc) is 3.49. The van der Waals surface area contributed by atoms with E-state index in [1.807, 2.05) is 58.0 Å². The maximum atomic E-state index is 16.0. The molecule has 1 saturated heterocycles. The van der Waals surface area contributed by atoms with Crippen LogP contribution in [0, 0.1) is 19.7 Å². The van der Waals surface area contributed by atoms with E-state index in [4.69, 9.17) is 0 Å². The first-order chi connectivity index (χ1) is 16.8. The number of Topliss-reactive ketones (excluding diaryl/α,β-unsaturated/α-hetero) is 1. The molecule has 0 radical (unpaired) electrons. The molecular formula is C28H33FN4O2. The zero-order valence-corrected chi connectivity index (χ0v) is 20.7. The minimum atomic E-state index is -0.996. The third-order valence-corrected chi connectivity index (χ3v) is 6.82. The molecule has 0 bridgehead atoms. The number of aromatic amines is 1. The van der Waals surface area contributed by atoms with E-state index in [2.05, 4.69) is 20.8 Å². The number of carbonyl (C=O) groups excluding carboxylic acids is 2. The number of hydrogen-bond donors (Lipinski definition) is 3. The van der Waals surface area contributed by atoms with Crippen LogP contribution in [0.25, 0.3) is 11.1 Å². The van der Waals surface area contributed by atoms with Crippen LogP contribution < -0.4 is 10.6 Å². The van der Waals surface area contributed by atoms with Gasteiger partial charge >= 0.3 is 0 Å².